The zero-order valence-electron chi connectivity index (χ0n) is 10.7. The van der Waals surface area contributed by atoms with Gasteiger partial charge in [-0.25, -0.2) is 0 Å². The van der Waals surface area contributed by atoms with Crippen LogP contribution in [0.4, 0.5) is 0 Å². The van der Waals surface area contributed by atoms with Crippen molar-refractivity contribution in [3.63, 3.8) is 0 Å². The van der Waals surface area contributed by atoms with Gasteiger partial charge in [-0.1, -0.05) is 42.0 Å². The van der Waals surface area contributed by atoms with Gasteiger partial charge in [0.2, 0.25) is 0 Å². The molecule has 0 unspecified atom stereocenters. The van der Waals surface area contributed by atoms with E-state index in [9.17, 15) is 0 Å². The Morgan fingerprint density at radius 2 is 1.80 bits per heavy atom. The predicted molar refractivity (Wildman–Crippen MR) is 84.8 cm³/mol. The van der Waals surface area contributed by atoms with Crippen LogP contribution in [-0.4, -0.2) is 18.2 Å². The SMILES string of the molecule is NC(=S)c1ccccc1OCCOc1cccc(Cl)c1. The van der Waals surface area contributed by atoms with Crippen LogP contribution in [0.1, 0.15) is 5.56 Å². The fraction of sp³-hybridized carbons (Fsp3) is 0.133. The normalized spacial score (nSPS) is 10.1. The Morgan fingerprint density at radius 3 is 2.55 bits per heavy atom. The van der Waals surface area contributed by atoms with Gasteiger partial charge >= 0.3 is 0 Å². The molecule has 2 aromatic rings. The molecule has 0 aromatic heterocycles. The first kappa shape index (κ1) is 14.6. The number of nitrogens with two attached hydrogens (primary N) is 1. The van der Waals surface area contributed by atoms with Crippen molar-refractivity contribution in [2.75, 3.05) is 13.2 Å². The van der Waals surface area contributed by atoms with Crippen LogP contribution in [0.2, 0.25) is 5.02 Å². The van der Waals surface area contributed by atoms with Crippen LogP contribution in [0.15, 0.2) is 48.5 Å². The standard InChI is InChI=1S/C15H14ClNO2S/c16-11-4-3-5-12(10-11)18-8-9-19-14-7-2-1-6-13(14)15(17)20/h1-7,10H,8-9H2,(H2,17,20). The van der Waals surface area contributed by atoms with Crippen LogP contribution < -0.4 is 15.2 Å². The zero-order chi connectivity index (χ0) is 14.4. The molecule has 20 heavy (non-hydrogen) atoms. The van der Waals surface area contributed by atoms with E-state index in [0.29, 0.717) is 34.7 Å². The first-order chi connectivity index (χ1) is 9.66. The topological polar surface area (TPSA) is 44.5 Å². The van der Waals surface area contributed by atoms with Crippen molar-refractivity contribution in [3.05, 3.63) is 59.1 Å². The van der Waals surface area contributed by atoms with E-state index in [4.69, 9.17) is 39.0 Å². The van der Waals surface area contributed by atoms with Gasteiger partial charge in [0, 0.05) is 5.02 Å². The van der Waals surface area contributed by atoms with Crippen molar-refractivity contribution in [3.8, 4) is 11.5 Å². The van der Waals surface area contributed by atoms with Gasteiger partial charge in [-0.2, -0.15) is 0 Å². The van der Waals surface area contributed by atoms with E-state index in [0.717, 1.165) is 5.56 Å². The number of ether oxygens (including phenoxy) is 2. The van der Waals surface area contributed by atoms with Crippen LogP contribution in [0, 0.1) is 0 Å². The second-order valence-corrected chi connectivity index (χ2v) is 4.89. The molecule has 2 rings (SSSR count). The van der Waals surface area contributed by atoms with E-state index in [1.807, 2.05) is 36.4 Å². The minimum absolute atomic E-state index is 0.316. The molecule has 0 aliphatic rings. The molecule has 104 valence electrons. The summed E-state index contributed by atoms with van der Waals surface area (Å²) in [7, 11) is 0. The van der Waals surface area contributed by atoms with Crippen molar-refractivity contribution in [1.82, 2.24) is 0 Å². The highest BCUT2D eigenvalue weighted by Gasteiger charge is 2.05. The lowest BCUT2D eigenvalue weighted by molar-refractivity contribution is 0.217. The number of halogens is 1. The maximum absolute atomic E-state index is 5.87. The Kier molecular flexibility index (Phi) is 5.21. The third-order valence-electron chi connectivity index (χ3n) is 2.56. The average molecular weight is 308 g/mol. The number of rotatable bonds is 6. The Bertz CT molecular complexity index is 604. The second-order valence-electron chi connectivity index (χ2n) is 4.01. The van der Waals surface area contributed by atoms with Crippen LogP contribution in [0.3, 0.4) is 0 Å². The van der Waals surface area contributed by atoms with Gasteiger partial charge in [-0.15, -0.1) is 0 Å². The maximum Gasteiger partial charge on any atom is 0.129 e. The van der Waals surface area contributed by atoms with Crippen LogP contribution in [-0.2, 0) is 0 Å². The molecule has 0 amide bonds. The number of benzene rings is 2. The van der Waals surface area contributed by atoms with Gasteiger partial charge in [-0.05, 0) is 30.3 Å². The first-order valence-electron chi connectivity index (χ1n) is 6.07. The summed E-state index contributed by atoms with van der Waals surface area (Å²) in [4.78, 5) is 0.316. The molecule has 0 saturated carbocycles. The molecular weight excluding hydrogens is 294 g/mol. The van der Waals surface area contributed by atoms with Gasteiger partial charge in [0.1, 0.15) is 29.7 Å². The molecule has 0 saturated heterocycles. The molecule has 5 heteroatoms. The summed E-state index contributed by atoms with van der Waals surface area (Å²) in [5.41, 5.74) is 6.36. The monoisotopic (exact) mass is 307 g/mol. The average Bonchev–Trinajstić information content (AvgIpc) is 2.44. The summed E-state index contributed by atoms with van der Waals surface area (Å²) in [5, 5.41) is 0.641. The number of hydrogen-bond donors (Lipinski definition) is 1. The largest absolute Gasteiger partial charge is 0.490 e. The zero-order valence-corrected chi connectivity index (χ0v) is 12.3. The molecule has 2 N–H and O–H groups in total. The van der Waals surface area contributed by atoms with E-state index in [2.05, 4.69) is 0 Å². The van der Waals surface area contributed by atoms with Gasteiger partial charge in [0.15, 0.2) is 0 Å². The van der Waals surface area contributed by atoms with E-state index < -0.39 is 0 Å². The molecule has 3 nitrogen and oxygen atoms in total. The van der Waals surface area contributed by atoms with Gasteiger partial charge in [0.25, 0.3) is 0 Å². The summed E-state index contributed by atoms with van der Waals surface area (Å²) < 4.78 is 11.2. The van der Waals surface area contributed by atoms with Crippen molar-refractivity contribution in [1.29, 1.82) is 0 Å². The molecule has 0 atom stereocenters. The summed E-state index contributed by atoms with van der Waals surface area (Å²) in [6.45, 7) is 0.804. The molecule has 0 aliphatic carbocycles. The van der Waals surface area contributed by atoms with Crippen molar-refractivity contribution in [2.45, 2.75) is 0 Å². The van der Waals surface area contributed by atoms with Crippen LogP contribution in [0.25, 0.3) is 0 Å². The highest BCUT2D eigenvalue weighted by molar-refractivity contribution is 7.80. The molecule has 0 fully saturated rings. The minimum atomic E-state index is 0.316. The lowest BCUT2D eigenvalue weighted by Gasteiger charge is -2.11. The third kappa shape index (κ3) is 4.11. The van der Waals surface area contributed by atoms with Crippen LogP contribution >= 0.6 is 23.8 Å². The van der Waals surface area contributed by atoms with Gasteiger partial charge in [-0.3, -0.25) is 0 Å². The molecule has 0 bridgehead atoms. The van der Waals surface area contributed by atoms with Crippen molar-refractivity contribution >= 4 is 28.8 Å². The maximum atomic E-state index is 5.87. The summed E-state index contributed by atoms with van der Waals surface area (Å²) in [6, 6.07) is 14.6. The number of hydrogen-bond acceptors (Lipinski definition) is 3. The summed E-state index contributed by atoms with van der Waals surface area (Å²) in [5.74, 6) is 1.37. The molecule has 2 aromatic carbocycles. The van der Waals surface area contributed by atoms with E-state index in [-0.39, 0.29) is 0 Å². The van der Waals surface area contributed by atoms with Gasteiger partial charge in [0.05, 0.1) is 5.56 Å². The molecular formula is C15H14ClNO2S. The Labute approximate surface area is 128 Å². The molecule has 0 spiro atoms. The highest BCUT2D eigenvalue weighted by Crippen LogP contribution is 2.19. The highest BCUT2D eigenvalue weighted by atomic mass is 35.5. The predicted octanol–water partition coefficient (Wildman–Crippen LogP) is 3.43. The van der Waals surface area contributed by atoms with E-state index >= 15 is 0 Å². The fourth-order valence-corrected chi connectivity index (χ4v) is 2.01. The summed E-state index contributed by atoms with van der Waals surface area (Å²) in [6.07, 6.45) is 0. The minimum Gasteiger partial charge on any atom is -0.490 e. The summed E-state index contributed by atoms with van der Waals surface area (Å²) >= 11 is 10.8. The number of thiocarbonyl (C=S) groups is 1. The van der Waals surface area contributed by atoms with Crippen molar-refractivity contribution < 1.29 is 9.47 Å². The first-order valence-corrected chi connectivity index (χ1v) is 6.85. The van der Waals surface area contributed by atoms with Gasteiger partial charge < -0.3 is 15.2 Å². The fourth-order valence-electron chi connectivity index (χ4n) is 1.66. The van der Waals surface area contributed by atoms with Crippen LogP contribution in [0.5, 0.6) is 11.5 Å². The lowest BCUT2D eigenvalue weighted by Crippen LogP contribution is -2.14. The molecule has 0 radical (unpaired) electrons. The lowest BCUT2D eigenvalue weighted by atomic mass is 10.2. The molecule has 0 aliphatic heterocycles. The Hall–Kier alpha value is -1.78. The second kappa shape index (κ2) is 7.12. The quantitative estimate of drug-likeness (QED) is 0.656. The molecule has 0 heterocycles. The number of para-hydroxylation sites is 1. The third-order valence-corrected chi connectivity index (χ3v) is 3.01. The Morgan fingerprint density at radius 1 is 1.05 bits per heavy atom. The Balaban J connectivity index is 1.86. The van der Waals surface area contributed by atoms with E-state index in [1.165, 1.54) is 0 Å². The van der Waals surface area contributed by atoms with Crippen molar-refractivity contribution in [2.24, 2.45) is 5.73 Å². The smallest absolute Gasteiger partial charge is 0.129 e. The van der Waals surface area contributed by atoms with E-state index in [1.54, 1.807) is 12.1 Å².